The Morgan fingerprint density at radius 2 is 2.04 bits per heavy atom. The van der Waals surface area contributed by atoms with Crippen LogP contribution in [0.1, 0.15) is 9.67 Å². The van der Waals surface area contributed by atoms with E-state index in [0.717, 1.165) is 5.56 Å². The number of carbonyl (C=O) groups is 1. The molecule has 1 amide bonds. The summed E-state index contributed by atoms with van der Waals surface area (Å²) in [5, 5.41) is 3.76. The van der Waals surface area contributed by atoms with Crippen LogP contribution in [0.25, 0.3) is 21.5 Å². The first-order valence-corrected chi connectivity index (χ1v) is 8.11. The van der Waals surface area contributed by atoms with Gasteiger partial charge in [-0.15, -0.1) is 11.3 Å². The van der Waals surface area contributed by atoms with Gasteiger partial charge in [0, 0.05) is 19.2 Å². The third-order valence-electron chi connectivity index (χ3n) is 3.45. The average molecular weight is 343 g/mol. The van der Waals surface area contributed by atoms with E-state index in [4.69, 9.17) is 16.2 Å². The van der Waals surface area contributed by atoms with Gasteiger partial charge in [-0.25, -0.2) is 9.97 Å². The fraction of sp³-hybridized carbons (Fsp3) is 0.188. The summed E-state index contributed by atoms with van der Waals surface area (Å²) in [6.07, 6.45) is 0. The van der Waals surface area contributed by atoms with Crippen molar-refractivity contribution in [2.24, 2.45) is 5.73 Å². The number of aromatic nitrogens is 2. The Morgan fingerprint density at radius 1 is 1.29 bits per heavy atom. The predicted octanol–water partition coefficient (Wildman–Crippen LogP) is 2.10. The number of ether oxygens (including phenoxy) is 1. The number of hydrogen-bond acceptors (Lipinski definition) is 7. The highest BCUT2D eigenvalue weighted by atomic mass is 32.1. The zero-order valence-corrected chi connectivity index (χ0v) is 13.9. The van der Waals surface area contributed by atoms with Crippen molar-refractivity contribution in [1.82, 2.24) is 9.97 Å². The number of primary amides is 1. The van der Waals surface area contributed by atoms with Gasteiger partial charge in [0.05, 0.1) is 23.4 Å². The SMILES string of the molecule is COCCNc1nc(-c2ccccc2)c2c(N)c(C(N)=O)sc2n1. The fourth-order valence-electron chi connectivity index (χ4n) is 2.35. The van der Waals surface area contributed by atoms with Gasteiger partial charge in [0.1, 0.15) is 9.71 Å². The summed E-state index contributed by atoms with van der Waals surface area (Å²) >= 11 is 1.17. The van der Waals surface area contributed by atoms with Crippen molar-refractivity contribution in [3.05, 3.63) is 35.2 Å². The van der Waals surface area contributed by atoms with Gasteiger partial charge in [-0.2, -0.15) is 0 Å². The summed E-state index contributed by atoms with van der Waals surface area (Å²) in [6, 6.07) is 9.62. The van der Waals surface area contributed by atoms with Crippen molar-refractivity contribution in [3.8, 4) is 11.3 Å². The van der Waals surface area contributed by atoms with Gasteiger partial charge in [-0.3, -0.25) is 4.79 Å². The van der Waals surface area contributed by atoms with Crippen molar-refractivity contribution in [3.63, 3.8) is 0 Å². The quantitative estimate of drug-likeness (QED) is 0.590. The second-order valence-corrected chi connectivity index (χ2v) is 6.07. The minimum Gasteiger partial charge on any atom is -0.397 e. The first-order chi connectivity index (χ1) is 11.6. The number of fused-ring (bicyclic) bond motifs is 1. The van der Waals surface area contributed by atoms with Gasteiger partial charge in [-0.1, -0.05) is 30.3 Å². The Bertz CT molecular complexity index is 879. The number of rotatable bonds is 6. The number of thiophene rings is 1. The van der Waals surface area contributed by atoms with E-state index in [2.05, 4.69) is 15.3 Å². The molecule has 24 heavy (non-hydrogen) atoms. The number of amides is 1. The molecule has 2 heterocycles. The molecule has 1 aromatic carbocycles. The molecule has 0 aliphatic rings. The summed E-state index contributed by atoms with van der Waals surface area (Å²) in [5.41, 5.74) is 13.4. The van der Waals surface area contributed by atoms with Gasteiger partial charge < -0.3 is 21.5 Å². The third kappa shape index (κ3) is 3.01. The van der Waals surface area contributed by atoms with Gasteiger partial charge in [-0.05, 0) is 0 Å². The summed E-state index contributed by atoms with van der Waals surface area (Å²) in [6.45, 7) is 1.10. The van der Waals surface area contributed by atoms with E-state index in [9.17, 15) is 4.79 Å². The van der Waals surface area contributed by atoms with Crippen molar-refractivity contribution in [1.29, 1.82) is 0 Å². The minimum atomic E-state index is -0.566. The first kappa shape index (κ1) is 16.2. The highest BCUT2D eigenvalue weighted by molar-refractivity contribution is 7.21. The molecule has 0 aliphatic carbocycles. The van der Waals surface area contributed by atoms with Crippen molar-refractivity contribution in [2.75, 3.05) is 31.3 Å². The van der Waals surface area contributed by atoms with Crippen LogP contribution in [0.15, 0.2) is 30.3 Å². The van der Waals surface area contributed by atoms with Crippen molar-refractivity contribution >= 4 is 39.1 Å². The molecule has 0 fully saturated rings. The van der Waals surface area contributed by atoms with Crippen molar-refractivity contribution in [2.45, 2.75) is 0 Å². The Labute approximate surface area is 142 Å². The number of benzene rings is 1. The van der Waals surface area contributed by atoms with Crippen LogP contribution in [-0.2, 0) is 4.74 Å². The Balaban J connectivity index is 2.19. The highest BCUT2D eigenvalue weighted by Gasteiger charge is 2.20. The first-order valence-electron chi connectivity index (χ1n) is 7.30. The Hall–Kier alpha value is -2.71. The molecule has 0 unspecified atom stereocenters. The van der Waals surface area contributed by atoms with Gasteiger partial charge in [0.25, 0.3) is 5.91 Å². The lowest BCUT2D eigenvalue weighted by Crippen LogP contribution is -2.11. The molecule has 8 heteroatoms. The zero-order chi connectivity index (χ0) is 17.1. The second kappa shape index (κ2) is 6.81. The molecule has 7 nitrogen and oxygen atoms in total. The van der Waals surface area contributed by atoms with E-state index in [1.165, 1.54) is 11.3 Å². The van der Waals surface area contributed by atoms with Crippen LogP contribution in [0.5, 0.6) is 0 Å². The molecule has 0 atom stereocenters. The molecule has 2 aromatic heterocycles. The topological polar surface area (TPSA) is 116 Å². The lowest BCUT2D eigenvalue weighted by molar-refractivity contribution is 0.100. The maximum absolute atomic E-state index is 11.6. The molecule has 5 N–H and O–H groups in total. The van der Waals surface area contributed by atoms with Crippen LogP contribution in [0.4, 0.5) is 11.6 Å². The van der Waals surface area contributed by atoms with Gasteiger partial charge in [0.15, 0.2) is 0 Å². The van der Waals surface area contributed by atoms with Crippen LogP contribution in [0.3, 0.4) is 0 Å². The average Bonchev–Trinajstić information content (AvgIpc) is 2.92. The van der Waals surface area contributed by atoms with E-state index < -0.39 is 5.91 Å². The van der Waals surface area contributed by atoms with Crippen LogP contribution >= 0.6 is 11.3 Å². The van der Waals surface area contributed by atoms with Gasteiger partial charge >= 0.3 is 0 Å². The molecule has 0 spiro atoms. The zero-order valence-electron chi connectivity index (χ0n) is 13.1. The maximum Gasteiger partial charge on any atom is 0.260 e. The van der Waals surface area contributed by atoms with Crippen LogP contribution < -0.4 is 16.8 Å². The smallest absolute Gasteiger partial charge is 0.260 e. The molecular weight excluding hydrogens is 326 g/mol. The lowest BCUT2D eigenvalue weighted by atomic mass is 10.1. The number of hydrogen-bond donors (Lipinski definition) is 3. The second-order valence-electron chi connectivity index (χ2n) is 5.07. The molecule has 3 aromatic rings. The number of nitrogens with one attached hydrogen (secondary N) is 1. The summed E-state index contributed by atoms with van der Waals surface area (Å²) in [5.74, 6) is -0.112. The number of nitrogens with zero attached hydrogens (tertiary/aromatic N) is 2. The number of anilines is 2. The number of methoxy groups -OCH3 is 1. The molecule has 124 valence electrons. The molecule has 0 saturated carbocycles. The standard InChI is InChI=1S/C16H17N5O2S/c1-23-8-7-19-16-20-12(9-5-3-2-4-6-9)10-11(17)13(14(18)22)24-15(10)21-16/h2-6H,7-8,17H2,1H3,(H2,18,22)(H,19,20,21). The van der Waals surface area contributed by atoms with E-state index in [1.54, 1.807) is 7.11 Å². The monoisotopic (exact) mass is 343 g/mol. The molecule has 0 radical (unpaired) electrons. The molecule has 3 rings (SSSR count). The van der Waals surface area contributed by atoms with Crippen LogP contribution in [-0.4, -0.2) is 36.1 Å². The predicted molar refractivity (Wildman–Crippen MR) is 96.1 cm³/mol. The largest absolute Gasteiger partial charge is 0.397 e. The lowest BCUT2D eigenvalue weighted by Gasteiger charge is -2.08. The van der Waals surface area contributed by atoms with Crippen LogP contribution in [0, 0.1) is 0 Å². The number of nitrogen functional groups attached to an aromatic ring is 1. The van der Waals surface area contributed by atoms with Crippen LogP contribution in [0.2, 0.25) is 0 Å². The Kier molecular flexibility index (Phi) is 4.59. The number of nitrogens with two attached hydrogens (primary N) is 2. The Morgan fingerprint density at radius 3 is 2.71 bits per heavy atom. The summed E-state index contributed by atoms with van der Waals surface area (Å²) in [4.78, 5) is 21.5. The molecular formula is C16H17N5O2S. The third-order valence-corrected chi connectivity index (χ3v) is 4.56. The van der Waals surface area contributed by atoms with E-state index in [-0.39, 0.29) is 0 Å². The molecule has 0 aliphatic heterocycles. The summed E-state index contributed by atoms with van der Waals surface area (Å²) < 4.78 is 5.02. The molecule has 0 saturated heterocycles. The maximum atomic E-state index is 11.6. The van der Waals surface area contributed by atoms with E-state index in [1.807, 2.05) is 30.3 Å². The highest BCUT2D eigenvalue weighted by Crippen LogP contribution is 2.38. The summed E-state index contributed by atoms with van der Waals surface area (Å²) in [7, 11) is 1.63. The minimum absolute atomic E-state index is 0.297. The van der Waals surface area contributed by atoms with E-state index in [0.29, 0.717) is 45.6 Å². The number of carbonyl (C=O) groups excluding carboxylic acids is 1. The van der Waals surface area contributed by atoms with Crippen molar-refractivity contribution < 1.29 is 9.53 Å². The van der Waals surface area contributed by atoms with E-state index >= 15 is 0 Å². The fourth-order valence-corrected chi connectivity index (χ4v) is 3.30. The normalized spacial score (nSPS) is 10.9. The molecule has 0 bridgehead atoms. The van der Waals surface area contributed by atoms with Gasteiger partial charge in [0.2, 0.25) is 5.95 Å².